The van der Waals surface area contributed by atoms with Crippen LogP contribution < -0.4 is 0 Å². The number of fused-ring (bicyclic) bond motifs is 32. The van der Waals surface area contributed by atoms with Gasteiger partial charge in [0.25, 0.3) is 0 Å². The Kier molecular flexibility index (Phi) is 1.39. The van der Waals surface area contributed by atoms with Crippen LogP contribution in [0.25, 0.3) is 0 Å². The van der Waals surface area contributed by atoms with E-state index in [0.717, 1.165) is 195 Å². The first kappa shape index (κ1) is 35.0. The van der Waals surface area contributed by atoms with Gasteiger partial charge in [-0.15, -0.1) is 0 Å². The predicted molar refractivity (Wildman–Crippen MR) is 360 cm³/mol. The maximum Gasteiger partial charge on any atom is -0.000000408 e. The molecule has 117 heavy (non-hydrogen) atoms. The molecular formula is C117H44. The molecule has 96 fully saturated rings. The Balaban J connectivity index is 0.567. The normalized spacial score (nSPS) is 160. The molecule has 0 amide bonds. The molecule has 0 aromatic rings. The molecule has 0 aliphatic heterocycles. The zero-order chi connectivity index (χ0) is 62.1. The van der Waals surface area contributed by atoms with Crippen molar-refractivity contribution in [2.24, 2.45) is 440 Å². The SMILES string of the molecule is C1C2C3C4C5C6C7C8CC9C%10C%11C%12C%13C%14C%15C%16C%17C%18C%19CC%20C%21C%22C%23C%24C%25C%26CC%27C%28C%29C%30C%31C%32C%33C%34C%35C%36C1C21C32C43C54C65C76C89C%107C%118C%129C%13%10C%14%11C%15%12C%16%13C%17%14C%18%15C%20%19C%21%16C%22%17C%23%18C%24%19C%25%20C%26%27C%28%21C%29%22C%30%23C%31%24C%32%25C%33%26C%34%27C%35%28C%361C21C32C43C54C67C85C96C%107C%118C%129C%13%10C%14%11C%16%15C%17%12C%18%13C%19%14C%20%21C%22%15C%23%16C%24%17C%25%18C%26%19C%27%20C%281C21C32C45C63C74C85C96C%107C%12%11C%138C%14%15C%169C%17%10C%18%11C%19%12C%201C23C%124C%115C%106C897. The molecular weight excluding hydrogens is 1410 g/mol. The van der Waals surface area contributed by atoms with E-state index < -0.39 is 0 Å². The molecule has 0 heterocycles. The molecule has 96 aliphatic rings. The summed E-state index contributed by atoms with van der Waals surface area (Å²) in [5.74, 6) is 52.8. The van der Waals surface area contributed by atoms with Crippen LogP contribution in [-0.2, 0) is 0 Å². The van der Waals surface area contributed by atoms with Crippen LogP contribution in [0.15, 0.2) is 0 Å². The molecule has 0 aromatic carbocycles. The molecule has 0 saturated heterocycles. The lowest BCUT2D eigenvalue weighted by molar-refractivity contribution is -1.15. The van der Waals surface area contributed by atoms with Crippen LogP contribution in [0.1, 0.15) is 25.7 Å². The van der Waals surface area contributed by atoms with Crippen molar-refractivity contribution in [2.75, 3.05) is 0 Å². The molecule has 92 atom stereocenters. The van der Waals surface area contributed by atoms with Crippen molar-refractivity contribution in [1.82, 2.24) is 0 Å². The average Bonchev–Trinajstić information content (AvgIpc) is 0.389. The van der Waals surface area contributed by atoms with E-state index in [1.165, 1.54) is 435 Å². The van der Waals surface area contributed by atoms with Crippen molar-refractivity contribution in [3.05, 3.63) is 190 Å². The van der Waals surface area contributed by atoms with E-state index in [9.17, 15) is 0 Å². The maximum absolute atomic E-state index is 1.96. The highest BCUT2D eigenvalue weighted by Crippen LogP contribution is 3.99. The summed E-state index contributed by atoms with van der Waals surface area (Å²) >= 11 is 0. The van der Waals surface area contributed by atoms with E-state index in [0.29, 0.717) is 0 Å². The molecule has 96 aliphatic carbocycles. The van der Waals surface area contributed by atoms with E-state index in [1.807, 2.05) is 25.7 Å². The third-order valence-electron chi connectivity index (χ3n) is 113. The second kappa shape index (κ2) is 4.66. The largest absolute Gasteiger partial charge is 0.0458 e. The third-order valence-corrected chi connectivity index (χ3v) is 113. The molecule has 77 spiro atoms. The van der Waals surface area contributed by atoms with Gasteiger partial charge in [-0.2, -0.15) is 0 Å². The first-order chi connectivity index (χ1) is 58.3. The number of hydrogen-bond acceptors (Lipinski definition) is 0. The molecule has 96 rings (SSSR count). The molecule has 0 radical (unpaired) electrons. The van der Waals surface area contributed by atoms with Crippen molar-refractivity contribution < 1.29 is 0 Å². The molecule has 0 aromatic heterocycles. The molecule has 0 nitrogen and oxygen atoms in total. The van der Waals surface area contributed by atoms with Gasteiger partial charge in [0.05, 0.1) is 0 Å². The molecule has 512 valence electrons. The minimum absolute atomic E-state index is 1.12. The van der Waals surface area contributed by atoms with Crippen LogP contribution in [0.2, 0.25) is 0 Å². The lowest BCUT2D eigenvalue weighted by atomic mass is 8.16. The van der Waals surface area contributed by atoms with Crippen molar-refractivity contribution in [1.29, 1.82) is 0 Å². The first-order valence-electron chi connectivity index (χ1n) is 58.3. The fourth-order valence-electron chi connectivity index (χ4n) is 152. The topological polar surface area (TPSA) is 0 Å². The van der Waals surface area contributed by atoms with Crippen molar-refractivity contribution in [2.45, 2.75) is 25.7 Å². The minimum atomic E-state index is 1.12. The van der Waals surface area contributed by atoms with Gasteiger partial charge >= 0.3 is 0 Å². The summed E-state index contributed by atoms with van der Waals surface area (Å²) in [5, 5.41) is 0. The zero-order valence-electron chi connectivity index (χ0n) is 62.1. The van der Waals surface area contributed by atoms with Crippen LogP contribution in [0.5, 0.6) is 0 Å². The van der Waals surface area contributed by atoms with Gasteiger partial charge in [-0.3, -0.25) is 0 Å². The summed E-state index contributed by atoms with van der Waals surface area (Å²) in [6.45, 7) is 0. The van der Waals surface area contributed by atoms with Gasteiger partial charge in [0.15, 0.2) is 0 Å². The smallest absolute Gasteiger partial charge is 0.000000408 e. The van der Waals surface area contributed by atoms with Gasteiger partial charge in [0, 0.05) is 0 Å². The van der Waals surface area contributed by atoms with E-state index in [4.69, 9.17) is 0 Å². The Morgan fingerprint density at radius 1 is 0.0769 bits per heavy atom. The quantitative estimate of drug-likeness (QED) is 0.228. The molecule has 0 heteroatoms. The first-order valence-corrected chi connectivity index (χ1v) is 58.3. The third kappa shape index (κ3) is 0.601. The Labute approximate surface area is 651 Å². The summed E-state index contributed by atoms with van der Waals surface area (Å²) in [5.41, 5.74) is 89.6. The van der Waals surface area contributed by atoms with E-state index in [2.05, 4.69) is 0 Å². The van der Waals surface area contributed by atoms with Gasteiger partial charge in [-0.25, -0.2) is 0 Å². The standard InChI is InChI=1S/C117H44/c1-5-13-21-29-22-14-6-2-10-18-27-33-37-40-38-34-28-20-12-4-8-16-24-30-23-15-7-3-11-19-26-32-36-39-35-31-25-17-9(1)41(5)45(13)53(21)61(29)54(22)46(14)42(6,10)50(18)59(27)65(33)69(37)72(40)70(38)66(34)60(28)52(20)44(8,12)48(16)56(24)62(30)55(23)47(15)43(7,11)51(19)58(26)64(32)68(36)71(39)67(35)63(31)57(25)49(17,41)73(45)77(53)85(61)78(54)74(46,50)82(59)89(65)93(69)96(72)94(70)90(66)84(60)76(48,52)80(56)86(62)79(55)75(47,51)83(58)88(64)92(68)95(71)91(67)87(63)81(57,73)97(77)101(85)98(78,82)104(89)109(93)112(96)110(94)106(90)100(80,84)102(86)99(79,83)105(88)108(92)111(95)107(91)103(87,97)113(101,104)115(107,109)117(111,112)116(108,110)114(102,105)106/h5-40H,1-4H2. The van der Waals surface area contributed by atoms with Gasteiger partial charge in [0.2, 0.25) is 0 Å². The summed E-state index contributed by atoms with van der Waals surface area (Å²) in [7, 11) is 0. The lowest BCUT2D eigenvalue weighted by Crippen LogP contribution is -3.80. The molecule has 96 saturated carbocycles. The highest BCUT2D eigenvalue weighted by Gasteiger charge is 3.94. The minimum Gasteiger partial charge on any atom is -0.0458 e. The summed E-state index contributed by atoms with van der Waals surface area (Å²) in [6.07, 6.45) is 7.84. The van der Waals surface area contributed by atoms with Crippen molar-refractivity contribution >= 4 is 0 Å². The Hall–Kier alpha value is 0. The van der Waals surface area contributed by atoms with E-state index in [-0.39, 0.29) is 0 Å². The van der Waals surface area contributed by atoms with E-state index >= 15 is 0 Å². The van der Waals surface area contributed by atoms with E-state index in [1.54, 1.807) is 0 Å². The van der Waals surface area contributed by atoms with Crippen LogP contribution in [0.4, 0.5) is 0 Å². The molecule has 0 bridgehead atoms. The van der Waals surface area contributed by atoms with Gasteiger partial charge in [0.1, 0.15) is 0 Å². The highest BCUT2D eigenvalue weighted by atomic mass is 16.0. The fourth-order valence-corrected chi connectivity index (χ4v) is 152. The summed E-state index contributed by atoms with van der Waals surface area (Å²) < 4.78 is 0. The predicted octanol–water partition coefficient (Wildman–Crippen LogP) is 8.83. The summed E-state index contributed by atoms with van der Waals surface area (Å²) in [4.78, 5) is 0. The average molecular weight is 1450 g/mol. The van der Waals surface area contributed by atoms with Gasteiger partial charge in [-0.1, -0.05) is 0 Å². The highest BCUT2D eigenvalue weighted by molar-refractivity contribution is 7.00. The maximum atomic E-state index is 1.96. The number of rotatable bonds is 0. The Morgan fingerprint density at radius 3 is 0.291 bits per heavy atom. The molecule has 92 unspecified atom stereocenters. The van der Waals surface area contributed by atoms with Crippen LogP contribution in [0, 0.1) is 630 Å². The van der Waals surface area contributed by atoms with Gasteiger partial charge < -0.3 is 0 Å². The van der Waals surface area contributed by atoms with Crippen molar-refractivity contribution in [3.63, 3.8) is 0 Å². The van der Waals surface area contributed by atoms with Crippen LogP contribution in [-0.4, -0.2) is 0 Å². The fraction of sp³-hybridized carbons (Fsp3) is 1.00. The van der Waals surface area contributed by atoms with Crippen LogP contribution >= 0.6 is 0 Å². The Morgan fingerprint density at radius 2 is 0.162 bits per heavy atom. The van der Waals surface area contributed by atoms with Crippen LogP contribution in [0.3, 0.4) is 0 Å². The lowest BCUT2D eigenvalue weighted by Gasteiger charge is -3.85. The van der Waals surface area contributed by atoms with Crippen molar-refractivity contribution in [3.8, 4) is 0 Å². The monoisotopic (exact) mass is 1450 g/mol. The summed E-state index contributed by atoms with van der Waals surface area (Å²) in [6, 6.07) is 0. The second-order valence-corrected chi connectivity index (χ2v) is 80.4. The Bertz CT molecular complexity index is 9410. The molecule has 0 N–H and O–H groups in total. The van der Waals surface area contributed by atoms with Gasteiger partial charge in [-0.05, 0) is 656 Å². The zero-order valence-corrected chi connectivity index (χ0v) is 62.1. The number of hydrogen-bond donors (Lipinski definition) is 0. The second-order valence-electron chi connectivity index (χ2n) is 80.4.